The number of alkyl halides is 3. The molecule has 0 aliphatic carbocycles. The lowest BCUT2D eigenvalue weighted by Crippen LogP contribution is -2.72. The lowest BCUT2D eigenvalue weighted by atomic mass is 10.0. The van der Waals surface area contributed by atoms with E-state index in [1.807, 2.05) is 0 Å². The average Bonchev–Trinajstić information content (AvgIpc) is 2.34. The number of hydrogen-bond donors (Lipinski definition) is 1. The number of nitrogens with zero attached hydrogens (tertiary/aromatic N) is 1. The Kier molecular flexibility index (Phi) is 5.12. The quantitative estimate of drug-likeness (QED) is 0.359. The van der Waals surface area contributed by atoms with Gasteiger partial charge in [0.2, 0.25) is 4.33 Å². The van der Waals surface area contributed by atoms with E-state index in [0.717, 1.165) is 4.90 Å². The Morgan fingerprint density at radius 1 is 1.56 bits per heavy atom. The van der Waals surface area contributed by atoms with Crippen molar-refractivity contribution in [2.24, 2.45) is 0 Å². The predicted octanol–water partition coefficient (Wildman–Crippen LogP) is 1.27. The van der Waals surface area contributed by atoms with Crippen LogP contribution in [0.4, 0.5) is 0 Å². The van der Waals surface area contributed by atoms with E-state index in [0.29, 0.717) is 0 Å². The predicted molar refractivity (Wildman–Crippen MR) is 67.6 cm³/mol. The van der Waals surface area contributed by atoms with Crippen LogP contribution in [0.15, 0.2) is 0 Å². The van der Waals surface area contributed by atoms with E-state index in [9.17, 15) is 14.7 Å². The monoisotopic (exact) mass is 317 g/mol. The molecule has 1 amide bonds. The molecule has 1 fully saturated rings. The highest BCUT2D eigenvalue weighted by molar-refractivity contribution is 6.64. The van der Waals surface area contributed by atoms with Gasteiger partial charge in [0, 0.05) is 0 Å². The SMILES string of the molecule is CCOC(=O)C(C(O)CC)N1C(=O)C(Cl)(Cl)C1Cl. The zero-order chi connectivity index (χ0) is 14.1. The third kappa shape index (κ3) is 2.54. The van der Waals surface area contributed by atoms with E-state index >= 15 is 0 Å². The van der Waals surface area contributed by atoms with Crippen LogP contribution < -0.4 is 0 Å². The molecule has 104 valence electrons. The number of hydrogen-bond acceptors (Lipinski definition) is 4. The van der Waals surface area contributed by atoms with Crippen LogP contribution >= 0.6 is 34.8 Å². The van der Waals surface area contributed by atoms with Gasteiger partial charge in [-0.3, -0.25) is 4.79 Å². The Bertz CT molecular complexity index is 350. The van der Waals surface area contributed by atoms with E-state index in [4.69, 9.17) is 39.5 Å². The zero-order valence-electron chi connectivity index (χ0n) is 9.90. The van der Waals surface area contributed by atoms with Crippen molar-refractivity contribution in [2.45, 2.75) is 42.2 Å². The number of ether oxygens (including phenoxy) is 1. The zero-order valence-corrected chi connectivity index (χ0v) is 12.2. The van der Waals surface area contributed by atoms with Crippen LogP contribution in [0.1, 0.15) is 20.3 Å². The molecular weight excluding hydrogens is 304 g/mol. The van der Waals surface area contributed by atoms with Crippen LogP contribution in [0.25, 0.3) is 0 Å². The molecule has 3 unspecified atom stereocenters. The number of carbonyl (C=O) groups excluding carboxylic acids is 2. The van der Waals surface area contributed by atoms with E-state index < -0.39 is 33.9 Å². The van der Waals surface area contributed by atoms with E-state index in [1.165, 1.54) is 0 Å². The highest BCUT2D eigenvalue weighted by Gasteiger charge is 2.62. The third-order valence-corrected chi connectivity index (χ3v) is 4.17. The van der Waals surface area contributed by atoms with Crippen molar-refractivity contribution in [3.8, 4) is 0 Å². The maximum absolute atomic E-state index is 11.8. The molecule has 0 aromatic heterocycles. The molecular formula is C10H14Cl3NO4. The third-order valence-electron chi connectivity index (χ3n) is 2.67. The molecule has 1 rings (SSSR count). The number of aliphatic hydroxyl groups excluding tert-OH is 1. The second kappa shape index (κ2) is 5.82. The van der Waals surface area contributed by atoms with Crippen LogP contribution in [0, 0.1) is 0 Å². The number of likely N-dealkylation sites (tertiary alicyclic amines) is 1. The molecule has 5 nitrogen and oxygen atoms in total. The summed E-state index contributed by atoms with van der Waals surface area (Å²) >= 11 is 17.2. The number of rotatable bonds is 5. The first-order valence-corrected chi connectivity index (χ1v) is 6.67. The average molecular weight is 319 g/mol. The van der Waals surface area contributed by atoms with E-state index in [1.54, 1.807) is 13.8 Å². The van der Waals surface area contributed by atoms with Gasteiger partial charge in [-0.1, -0.05) is 41.7 Å². The van der Waals surface area contributed by atoms with Crippen LogP contribution in [0.5, 0.6) is 0 Å². The minimum atomic E-state index is -1.76. The molecule has 0 aromatic carbocycles. The topological polar surface area (TPSA) is 66.8 Å². The summed E-state index contributed by atoms with van der Waals surface area (Å²) in [6.07, 6.45) is -0.826. The van der Waals surface area contributed by atoms with Gasteiger partial charge in [-0.15, -0.1) is 0 Å². The summed E-state index contributed by atoms with van der Waals surface area (Å²) in [5, 5.41) is 9.82. The summed E-state index contributed by atoms with van der Waals surface area (Å²) in [7, 11) is 0. The fraction of sp³-hybridized carbons (Fsp3) is 0.800. The van der Waals surface area contributed by atoms with Crippen LogP contribution in [-0.4, -0.2) is 50.5 Å². The Balaban J connectivity index is 2.92. The summed E-state index contributed by atoms with van der Waals surface area (Å²) in [6.45, 7) is 3.42. The molecule has 0 radical (unpaired) electrons. The van der Waals surface area contributed by atoms with E-state index in [-0.39, 0.29) is 13.0 Å². The van der Waals surface area contributed by atoms with Crippen molar-refractivity contribution in [1.82, 2.24) is 4.90 Å². The summed E-state index contributed by atoms with van der Waals surface area (Å²) in [6, 6.07) is -1.18. The number of esters is 1. The van der Waals surface area contributed by atoms with Crippen molar-refractivity contribution in [2.75, 3.05) is 6.61 Å². The first kappa shape index (κ1) is 15.8. The maximum Gasteiger partial charge on any atom is 0.331 e. The van der Waals surface area contributed by atoms with Crippen LogP contribution in [-0.2, 0) is 14.3 Å². The second-order valence-corrected chi connectivity index (χ2v) is 5.64. The largest absolute Gasteiger partial charge is 0.464 e. The number of amides is 1. The van der Waals surface area contributed by atoms with Crippen LogP contribution in [0.3, 0.4) is 0 Å². The molecule has 0 saturated carbocycles. The molecule has 8 heteroatoms. The Labute approximate surface area is 120 Å². The molecule has 1 aliphatic heterocycles. The Morgan fingerprint density at radius 2 is 2.11 bits per heavy atom. The highest BCUT2D eigenvalue weighted by atomic mass is 35.5. The first-order chi connectivity index (χ1) is 8.28. The van der Waals surface area contributed by atoms with Gasteiger partial charge >= 0.3 is 5.97 Å². The van der Waals surface area contributed by atoms with Gasteiger partial charge in [-0.05, 0) is 13.3 Å². The molecule has 1 heterocycles. The normalized spacial score (nSPS) is 25.3. The highest BCUT2D eigenvalue weighted by Crippen LogP contribution is 2.45. The summed E-state index contributed by atoms with van der Waals surface area (Å²) in [4.78, 5) is 24.4. The van der Waals surface area contributed by atoms with Gasteiger partial charge in [-0.2, -0.15) is 0 Å². The molecule has 3 atom stereocenters. The Hall–Kier alpha value is -0.230. The lowest BCUT2D eigenvalue weighted by molar-refractivity contribution is -0.168. The van der Waals surface area contributed by atoms with E-state index in [2.05, 4.69) is 0 Å². The minimum Gasteiger partial charge on any atom is -0.464 e. The minimum absolute atomic E-state index is 0.133. The number of β-lactam (4-membered cyclic amide) rings is 1. The maximum atomic E-state index is 11.8. The summed E-state index contributed by atoms with van der Waals surface area (Å²) < 4.78 is 3.05. The molecule has 18 heavy (non-hydrogen) atoms. The smallest absolute Gasteiger partial charge is 0.331 e. The summed E-state index contributed by atoms with van der Waals surface area (Å²) in [5.41, 5.74) is -1.08. The van der Waals surface area contributed by atoms with Crippen molar-refractivity contribution >= 4 is 46.7 Å². The molecule has 1 saturated heterocycles. The van der Waals surface area contributed by atoms with Gasteiger partial charge in [0.15, 0.2) is 6.04 Å². The Morgan fingerprint density at radius 3 is 2.50 bits per heavy atom. The van der Waals surface area contributed by atoms with Crippen molar-refractivity contribution in [3.05, 3.63) is 0 Å². The molecule has 1 aliphatic rings. The molecule has 0 bridgehead atoms. The van der Waals surface area contributed by atoms with Crippen molar-refractivity contribution < 1.29 is 19.4 Å². The molecule has 1 N–H and O–H groups in total. The van der Waals surface area contributed by atoms with Crippen LogP contribution in [0.2, 0.25) is 0 Å². The van der Waals surface area contributed by atoms with Gasteiger partial charge in [-0.25, -0.2) is 4.79 Å². The van der Waals surface area contributed by atoms with Crippen molar-refractivity contribution in [1.29, 1.82) is 0 Å². The second-order valence-electron chi connectivity index (χ2n) is 3.84. The van der Waals surface area contributed by atoms with Gasteiger partial charge in [0.25, 0.3) is 5.91 Å². The standard InChI is InChI=1S/C10H14Cl3NO4/c1-3-5(15)6(7(16)18-4-2)14-8(11)10(12,13)9(14)17/h5-6,8,15H,3-4H2,1-2H3. The van der Waals surface area contributed by atoms with Gasteiger partial charge in [0.05, 0.1) is 12.7 Å². The number of aliphatic hydroxyl groups is 1. The van der Waals surface area contributed by atoms with Gasteiger partial charge < -0.3 is 14.7 Å². The summed E-state index contributed by atoms with van der Waals surface area (Å²) in [5.74, 6) is -1.44. The molecule has 0 aromatic rings. The van der Waals surface area contributed by atoms with Gasteiger partial charge in [0.1, 0.15) is 5.50 Å². The fourth-order valence-corrected chi connectivity index (χ4v) is 2.37. The lowest BCUT2D eigenvalue weighted by Gasteiger charge is -2.49. The number of halogens is 3. The van der Waals surface area contributed by atoms with Crippen molar-refractivity contribution in [3.63, 3.8) is 0 Å². The molecule has 0 spiro atoms. The fourth-order valence-electron chi connectivity index (χ4n) is 1.66. The first-order valence-electron chi connectivity index (χ1n) is 5.48. The number of carbonyl (C=O) groups is 2.